The van der Waals surface area contributed by atoms with Crippen LogP contribution in [0.2, 0.25) is 0 Å². The molecule has 0 radical (unpaired) electrons. The van der Waals surface area contributed by atoms with Crippen molar-refractivity contribution in [3.63, 3.8) is 0 Å². The highest BCUT2D eigenvalue weighted by molar-refractivity contribution is 5.85. The highest BCUT2D eigenvalue weighted by Gasteiger charge is 2.62. The summed E-state index contributed by atoms with van der Waals surface area (Å²) in [6.07, 6.45) is 3.15. The third-order valence-corrected chi connectivity index (χ3v) is 3.74. The Kier molecular flexibility index (Phi) is 6.34. The predicted octanol–water partition coefficient (Wildman–Crippen LogP) is 0.519. The van der Waals surface area contributed by atoms with Crippen LogP contribution in [-0.2, 0) is 0 Å². The Morgan fingerprint density at radius 3 is 2.35 bits per heavy atom. The van der Waals surface area contributed by atoms with Crippen LogP contribution in [0.25, 0.3) is 0 Å². The van der Waals surface area contributed by atoms with Gasteiger partial charge >= 0.3 is 0 Å². The third kappa shape index (κ3) is 3.03. The zero-order valence-electron chi connectivity index (χ0n) is 10.6. The van der Waals surface area contributed by atoms with Crippen LogP contribution in [0, 0.1) is 20.2 Å². The third-order valence-electron chi connectivity index (χ3n) is 3.74. The van der Waals surface area contributed by atoms with E-state index < -0.39 is 20.9 Å². The molecular formula is C10H17Cl2N3O5. The molecule has 20 heavy (non-hydrogen) atoms. The maximum Gasteiger partial charge on any atom is 0.259 e. The lowest BCUT2D eigenvalue weighted by Crippen LogP contribution is -2.66. The van der Waals surface area contributed by atoms with E-state index >= 15 is 0 Å². The molecule has 1 N–H and O–H groups in total. The summed E-state index contributed by atoms with van der Waals surface area (Å²) in [4.78, 5) is 23.3. The van der Waals surface area contributed by atoms with E-state index in [2.05, 4.69) is 0 Å². The number of aliphatic hydroxyl groups is 1. The number of nitrogens with zero attached hydrogens (tertiary/aromatic N) is 3. The molecule has 2 atom stereocenters. The summed E-state index contributed by atoms with van der Waals surface area (Å²) in [5.41, 5.74) is -2.69. The number of β-amino-alcohol motifs (C(OH)–C–C–N with tert-alkyl or cyclic N) is 1. The Hall–Kier alpha value is -0.960. The number of likely N-dealkylation sites (tertiary alicyclic amines) is 1. The van der Waals surface area contributed by atoms with E-state index in [-0.39, 0.29) is 63.9 Å². The fourth-order valence-electron chi connectivity index (χ4n) is 2.97. The van der Waals surface area contributed by atoms with Crippen molar-refractivity contribution in [1.29, 1.82) is 0 Å². The van der Waals surface area contributed by atoms with Crippen molar-refractivity contribution in [2.24, 2.45) is 0 Å². The van der Waals surface area contributed by atoms with Gasteiger partial charge in [-0.15, -0.1) is 24.8 Å². The van der Waals surface area contributed by atoms with Crippen molar-refractivity contribution in [2.45, 2.75) is 23.9 Å². The molecule has 0 aromatic carbocycles. The molecule has 0 amide bonds. The van der Waals surface area contributed by atoms with Crippen LogP contribution in [0.1, 0.15) is 12.8 Å². The summed E-state index contributed by atoms with van der Waals surface area (Å²) in [5, 5.41) is 31.4. The monoisotopic (exact) mass is 329 g/mol. The van der Waals surface area contributed by atoms with Gasteiger partial charge < -0.3 is 5.11 Å². The molecule has 1 heterocycles. The Labute approximate surface area is 127 Å². The van der Waals surface area contributed by atoms with Gasteiger partial charge in [-0.1, -0.05) is 6.08 Å². The molecule has 116 valence electrons. The van der Waals surface area contributed by atoms with Crippen molar-refractivity contribution in [3.8, 4) is 0 Å². The maximum absolute atomic E-state index is 11.3. The minimum absolute atomic E-state index is 0. The molecule has 0 saturated carbocycles. The van der Waals surface area contributed by atoms with Crippen LogP contribution in [0.3, 0.4) is 0 Å². The summed E-state index contributed by atoms with van der Waals surface area (Å²) in [6, 6.07) is 0. The number of nitro groups is 2. The standard InChI is InChI=1S/C10H15N3O5.2ClH/c14-5-4-11-7-9(12(15)16)2-1-3-10(6-9,8-11)13(17)18;;/h1-2,14H,3-8H2;2*1H. The Balaban J connectivity index is 0.00000180. The van der Waals surface area contributed by atoms with E-state index in [1.165, 1.54) is 6.08 Å². The summed E-state index contributed by atoms with van der Waals surface area (Å²) < 4.78 is 0. The average Bonchev–Trinajstić information content (AvgIpc) is 2.28. The first-order valence-electron chi connectivity index (χ1n) is 5.74. The maximum atomic E-state index is 11.3. The molecule has 8 nitrogen and oxygen atoms in total. The van der Waals surface area contributed by atoms with E-state index in [4.69, 9.17) is 5.11 Å². The van der Waals surface area contributed by atoms with Gasteiger partial charge in [-0.25, -0.2) is 0 Å². The first-order valence-corrected chi connectivity index (χ1v) is 5.74. The molecule has 10 heteroatoms. The zero-order chi connectivity index (χ0) is 13.4. The molecule has 0 spiro atoms. The van der Waals surface area contributed by atoms with Crippen LogP contribution in [0.4, 0.5) is 0 Å². The molecule has 1 aliphatic carbocycles. The normalized spacial score (nSPS) is 31.9. The Morgan fingerprint density at radius 1 is 1.20 bits per heavy atom. The molecule has 1 aliphatic heterocycles. The van der Waals surface area contributed by atoms with Crippen LogP contribution in [-0.4, -0.2) is 57.2 Å². The lowest BCUT2D eigenvalue weighted by molar-refractivity contribution is -0.619. The predicted molar refractivity (Wildman–Crippen MR) is 75.8 cm³/mol. The highest BCUT2D eigenvalue weighted by atomic mass is 35.5. The molecule has 2 rings (SSSR count). The number of hydrogen-bond donors (Lipinski definition) is 1. The molecule has 2 bridgehead atoms. The van der Waals surface area contributed by atoms with Crippen molar-refractivity contribution in [1.82, 2.24) is 4.90 Å². The number of rotatable bonds is 4. The molecule has 1 saturated heterocycles. The van der Waals surface area contributed by atoms with Gasteiger partial charge in [0.05, 0.1) is 26.1 Å². The molecule has 1 fully saturated rings. The number of aliphatic hydroxyl groups excluding tert-OH is 1. The van der Waals surface area contributed by atoms with Gasteiger partial charge in [-0.3, -0.25) is 25.1 Å². The van der Waals surface area contributed by atoms with Crippen molar-refractivity contribution in [2.75, 3.05) is 26.2 Å². The number of fused-ring (bicyclic) bond motifs is 2. The number of halogens is 2. The fraction of sp³-hybridized carbons (Fsp3) is 0.800. The van der Waals surface area contributed by atoms with Gasteiger partial charge in [0.25, 0.3) is 5.54 Å². The first-order chi connectivity index (χ1) is 8.44. The molecule has 0 aromatic heterocycles. The van der Waals surface area contributed by atoms with Gasteiger partial charge in [0.2, 0.25) is 5.54 Å². The topological polar surface area (TPSA) is 110 Å². The van der Waals surface area contributed by atoms with Crippen molar-refractivity contribution in [3.05, 3.63) is 32.4 Å². The summed E-state index contributed by atoms with van der Waals surface area (Å²) in [7, 11) is 0. The van der Waals surface area contributed by atoms with Crippen LogP contribution in [0.5, 0.6) is 0 Å². The second kappa shape index (κ2) is 6.66. The molecular weight excluding hydrogens is 313 g/mol. The van der Waals surface area contributed by atoms with Crippen LogP contribution >= 0.6 is 24.8 Å². The lowest BCUT2D eigenvalue weighted by Gasteiger charge is -2.43. The second-order valence-electron chi connectivity index (χ2n) is 5.06. The summed E-state index contributed by atoms with van der Waals surface area (Å²) in [6.45, 7) is 0.331. The average molecular weight is 330 g/mol. The Bertz CT molecular complexity index is 422. The molecule has 2 aliphatic rings. The second-order valence-corrected chi connectivity index (χ2v) is 5.06. The van der Waals surface area contributed by atoms with Gasteiger partial charge in [0.1, 0.15) is 0 Å². The molecule has 2 unspecified atom stereocenters. The van der Waals surface area contributed by atoms with Gasteiger partial charge in [0, 0.05) is 22.8 Å². The Morgan fingerprint density at radius 2 is 1.85 bits per heavy atom. The quantitative estimate of drug-likeness (QED) is 0.457. The fourth-order valence-corrected chi connectivity index (χ4v) is 2.97. The summed E-state index contributed by atoms with van der Waals surface area (Å²) in [5.74, 6) is 0. The van der Waals surface area contributed by atoms with Crippen molar-refractivity contribution >= 4 is 24.8 Å². The lowest BCUT2D eigenvalue weighted by atomic mass is 9.72. The minimum atomic E-state index is -1.39. The van der Waals surface area contributed by atoms with E-state index in [1.54, 1.807) is 11.0 Å². The van der Waals surface area contributed by atoms with Crippen LogP contribution in [0.15, 0.2) is 12.2 Å². The van der Waals surface area contributed by atoms with E-state index in [0.29, 0.717) is 0 Å². The minimum Gasteiger partial charge on any atom is -0.395 e. The zero-order valence-corrected chi connectivity index (χ0v) is 12.3. The highest BCUT2D eigenvalue weighted by Crippen LogP contribution is 2.40. The summed E-state index contributed by atoms with van der Waals surface area (Å²) >= 11 is 0. The SMILES string of the molecule is Cl.Cl.O=[N+]([O-])C12C=CCC([N+](=O)[O-])(CN(CCO)C1)C2. The molecule has 0 aromatic rings. The van der Waals surface area contributed by atoms with E-state index in [1.807, 2.05) is 0 Å². The van der Waals surface area contributed by atoms with Gasteiger partial charge in [0.15, 0.2) is 0 Å². The van der Waals surface area contributed by atoms with Gasteiger partial charge in [-0.2, -0.15) is 0 Å². The number of hydrogen-bond acceptors (Lipinski definition) is 6. The van der Waals surface area contributed by atoms with Crippen LogP contribution < -0.4 is 0 Å². The first kappa shape index (κ1) is 19.0. The van der Waals surface area contributed by atoms with E-state index in [9.17, 15) is 20.2 Å². The smallest absolute Gasteiger partial charge is 0.259 e. The van der Waals surface area contributed by atoms with E-state index in [0.717, 1.165) is 0 Å². The van der Waals surface area contributed by atoms with Gasteiger partial charge in [-0.05, 0) is 6.08 Å². The van der Waals surface area contributed by atoms with Crippen molar-refractivity contribution < 1.29 is 15.0 Å². The number of piperidine rings is 1. The largest absolute Gasteiger partial charge is 0.395 e.